The lowest BCUT2D eigenvalue weighted by Crippen LogP contribution is -2.43. The van der Waals surface area contributed by atoms with Crippen LogP contribution in [0.2, 0.25) is 0 Å². The number of carbonyl (C=O) groups is 1. The molecule has 1 heterocycles. The van der Waals surface area contributed by atoms with Crippen LogP contribution in [0.15, 0.2) is 18.3 Å². The maximum Gasteiger partial charge on any atom is 0.270 e. The smallest absolute Gasteiger partial charge is 0.270 e. The van der Waals surface area contributed by atoms with Crippen molar-refractivity contribution in [2.75, 3.05) is 0 Å². The highest BCUT2D eigenvalue weighted by Gasteiger charge is 2.16. The van der Waals surface area contributed by atoms with Crippen LogP contribution in [0, 0.1) is 5.82 Å². The molecule has 0 aliphatic heterocycles. The third kappa shape index (κ3) is 4.07. The molecular weight excluding hydrogens is 241 g/mol. The molecule has 1 unspecified atom stereocenters. The van der Waals surface area contributed by atoms with E-state index in [1.54, 1.807) is 0 Å². The number of amides is 1. The Labute approximate surface area is 104 Å². The fourth-order valence-corrected chi connectivity index (χ4v) is 1.49. The summed E-state index contributed by atoms with van der Waals surface area (Å²) >= 11 is 4.85. The minimum Gasteiger partial charge on any atom is -0.392 e. The fourth-order valence-electron chi connectivity index (χ4n) is 1.32. The summed E-state index contributed by atoms with van der Waals surface area (Å²) in [5.41, 5.74) is 5.65. The van der Waals surface area contributed by atoms with Gasteiger partial charge in [-0.15, -0.1) is 0 Å². The van der Waals surface area contributed by atoms with Crippen LogP contribution in [0.1, 0.15) is 30.3 Å². The third-order valence-corrected chi connectivity index (χ3v) is 2.47. The van der Waals surface area contributed by atoms with E-state index in [-0.39, 0.29) is 16.7 Å². The molecule has 1 rings (SSSR count). The first-order chi connectivity index (χ1) is 8.04. The van der Waals surface area contributed by atoms with E-state index in [0.29, 0.717) is 6.42 Å². The Hall–Kier alpha value is -1.56. The number of hydrogen-bond acceptors (Lipinski definition) is 3. The number of aromatic nitrogens is 1. The zero-order chi connectivity index (χ0) is 12.8. The number of hydrogen-bond donors (Lipinski definition) is 2. The second-order valence-corrected chi connectivity index (χ2v) is 4.05. The first-order valence-electron chi connectivity index (χ1n) is 5.26. The Morgan fingerprint density at radius 1 is 1.65 bits per heavy atom. The molecule has 0 bridgehead atoms. The summed E-state index contributed by atoms with van der Waals surface area (Å²) < 4.78 is 12.6. The first kappa shape index (κ1) is 13.5. The molecule has 0 aliphatic rings. The van der Waals surface area contributed by atoms with E-state index < -0.39 is 11.7 Å². The Morgan fingerprint density at radius 3 is 2.82 bits per heavy atom. The maximum absolute atomic E-state index is 12.6. The minimum atomic E-state index is -0.485. The van der Waals surface area contributed by atoms with Crippen molar-refractivity contribution in [1.29, 1.82) is 0 Å². The molecule has 6 heteroatoms. The fraction of sp³-hybridized carbons (Fsp3) is 0.364. The van der Waals surface area contributed by atoms with Gasteiger partial charge in [0.15, 0.2) is 0 Å². The Kier molecular flexibility index (Phi) is 4.96. The average molecular weight is 255 g/mol. The predicted molar refractivity (Wildman–Crippen MR) is 67.1 cm³/mol. The second kappa shape index (κ2) is 6.24. The van der Waals surface area contributed by atoms with Gasteiger partial charge in [-0.1, -0.05) is 25.6 Å². The molecule has 0 radical (unpaired) electrons. The normalized spacial score (nSPS) is 11.9. The van der Waals surface area contributed by atoms with Crippen LogP contribution in [-0.2, 0) is 0 Å². The molecule has 1 aromatic heterocycles. The molecule has 92 valence electrons. The molecule has 0 saturated heterocycles. The molecule has 0 saturated carbocycles. The number of rotatable bonds is 5. The monoisotopic (exact) mass is 255 g/mol. The van der Waals surface area contributed by atoms with Crippen molar-refractivity contribution in [2.45, 2.75) is 25.8 Å². The first-order valence-corrected chi connectivity index (χ1v) is 5.67. The van der Waals surface area contributed by atoms with Gasteiger partial charge in [0, 0.05) is 0 Å². The minimum absolute atomic E-state index is 0.142. The second-order valence-electron chi connectivity index (χ2n) is 3.58. The lowest BCUT2D eigenvalue weighted by atomic mass is 10.1. The topological polar surface area (TPSA) is 68.0 Å². The zero-order valence-electron chi connectivity index (χ0n) is 9.44. The van der Waals surface area contributed by atoms with E-state index in [9.17, 15) is 9.18 Å². The summed E-state index contributed by atoms with van der Waals surface area (Å²) in [4.78, 5) is 15.7. The lowest BCUT2D eigenvalue weighted by molar-refractivity contribution is 0.0940. The highest BCUT2D eigenvalue weighted by atomic mass is 32.1. The van der Waals surface area contributed by atoms with Gasteiger partial charge in [-0.05, 0) is 18.6 Å². The maximum atomic E-state index is 12.6. The van der Waals surface area contributed by atoms with Gasteiger partial charge >= 0.3 is 0 Å². The molecule has 0 spiro atoms. The Bertz CT molecular complexity index is 408. The van der Waals surface area contributed by atoms with Gasteiger partial charge in [0.2, 0.25) is 0 Å². The average Bonchev–Trinajstić information content (AvgIpc) is 2.29. The standard InChI is InChI=1S/C11H14FN3OS/c1-2-3-8(10(13)17)15-11(16)9-5-4-7(12)6-14-9/h4-6,8H,2-3H2,1H3,(H2,13,17)(H,15,16). The molecule has 0 aromatic carbocycles. The number of nitrogens with zero attached hydrogens (tertiary/aromatic N) is 1. The molecule has 1 amide bonds. The molecule has 1 atom stereocenters. The van der Waals surface area contributed by atoms with Crippen molar-refractivity contribution in [3.8, 4) is 0 Å². The van der Waals surface area contributed by atoms with Gasteiger partial charge in [-0.2, -0.15) is 0 Å². The SMILES string of the molecule is CCCC(NC(=O)c1ccc(F)cn1)C(N)=S. The molecule has 4 nitrogen and oxygen atoms in total. The van der Waals surface area contributed by atoms with Crippen molar-refractivity contribution < 1.29 is 9.18 Å². The molecular formula is C11H14FN3OS. The number of thiocarbonyl (C=S) groups is 1. The highest BCUT2D eigenvalue weighted by molar-refractivity contribution is 7.80. The van der Waals surface area contributed by atoms with Crippen LogP contribution < -0.4 is 11.1 Å². The summed E-state index contributed by atoms with van der Waals surface area (Å²) in [7, 11) is 0. The van der Waals surface area contributed by atoms with E-state index in [0.717, 1.165) is 12.6 Å². The molecule has 0 fully saturated rings. The third-order valence-electron chi connectivity index (χ3n) is 2.19. The summed E-state index contributed by atoms with van der Waals surface area (Å²) in [5.74, 6) is -0.891. The molecule has 1 aromatic rings. The van der Waals surface area contributed by atoms with Crippen LogP contribution in [-0.4, -0.2) is 21.9 Å². The van der Waals surface area contributed by atoms with Gasteiger partial charge in [0.1, 0.15) is 11.5 Å². The number of nitrogens with one attached hydrogen (secondary N) is 1. The van der Waals surface area contributed by atoms with Crippen molar-refractivity contribution in [3.05, 3.63) is 29.8 Å². The van der Waals surface area contributed by atoms with Gasteiger partial charge < -0.3 is 11.1 Å². The molecule has 0 aliphatic carbocycles. The van der Waals surface area contributed by atoms with E-state index in [2.05, 4.69) is 10.3 Å². The number of pyridine rings is 1. The van der Waals surface area contributed by atoms with Crippen LogP contribution >= 0.6 is 12.2 Å². The Morgan fingerprint density at radius 2 is 2.35 bits per heavy atom. The summed E-state index contributed by atoms with van der Waals surface area (Å²) in [6.45, 7) is 1.97. The van der Waals surface area contributed by atoms with E-state index in [4.69, 9.17) is 18.0 Å². The van der Waals surface area contributed by atoms with E-state index >= 15 is 0 Å². The van der Waals surface area contributed by atoms with Gasteiger partial charge in [0.25, 0.3) is 5.91 Å². The van der Waals surface area contributed by atoms with Crippen molar-refractivity contribution in [2.24, 2.45) is 5.73 Å². The Balaban J connectivity index is 2.70. The van der Waals surface area contributed by atoms with Crippen molar-refractivity contribution in [1.82, 2.24) is 10.3 Å². The van der Waals surface area contributed by atoms with E-state index in [1.165, 1.54) is 12.1 Å². The van der Waals surface area contributed by atoms with Crippen molar-refractivity contribution >= 4 is 23.1 Å². The molecule has 17 heavy (non-hydrogen) atoms. The number of carbonyl (C=O) groups excluding carboxylic acids is 1. The number of nitrogens with two attached hydrogens (primary N) is 1. The quantitative estimate of drug-likeness (QED) is 0.780. The summed E-state index contributed by atoms with van der Waals surface area (Å²) in [6.07, 6.45) is 2.51. The van der Waals surface area contributed by atoms with Gasteiger partial charge in [-0.25, -0.2) is 9.37 Å². The predicted octanol–water partition coefficient (Wildman–Crippen LogP) is 1.41. The number of halogens is 1. The van der Waals surface area contributed by atoms with Crippen LogP contribution in [0.5, 0.6) is 0 Å². The van der Waals surface area contributed by atoms with Crippen LogP contribution in [0.3, 0.4) is 0 Å². The highest BCUT2D eigenvalue weighted by Crippen LogP contribution is 2.02. The van der Waals surface area contributed by atoms with Gasteiger partial charge in [0.05, 0.1) is 17.2 Å². The van der Waals surface area contributed by atoms with Crippen molar-refractivity contribution in [3.63, 3.8) is 0 Å². The van der Waals surface area contributed by atoms with Crippen LogP contribution in [0.25, 0.3) is 0 Å². The molecule has 3 N–H and O–H groups in total. The summed E-state index contributed by atoms with van der Waals surface area (Å²) in [6, 6.07) is 2.14. The largest absolute Gasteiger partial charge is 0.392 e. The lowest BCUT2D eigenvalue weighted by Gasteiger charge is -2.16. The summed E-state index contributed by atoms with van der Waals surface area (Å²) in [5, 5.41) is 2.66. The van der Waals surface area contributed by atoms with E-state index in [1.807, 2.05) is 6.92 Å². The zero-order valence-corrected chi connectivity index (χ0v) is 10.3. The van der Waals surface area contributed by atoms with Gasteiger partial charge in [-0.3, -0.25) is 4.79 Å². The van der Waals surface area contributed by atoms with Crippen LogP contribution in [0.4, 0.5) is 4.39 Å².